The Morgan fingerprint density at radius 1 is 0.277 bits per heavy atom. The predicted molar refractivity (Wildman–Crippen MR) is 348 cm³/mol. The van der Waals surface area contributed by atoms with Crippen molar-refractivity contribution in [2.45, 2.75) is 345 Å². The molecule has 6 aliphatic rings. The lowest BCUT2D eigenvalue weighted by atomic mass is 9.70. The number of nitrogens with one attached hydrogen (secondary N) is 6. The minimum Gasteiger partial charge on any atom is -0.386 e. The second kappa shape index (κ2) is 21.4. The van der Waals surface area contributed by atoms with E-state index in [9.17, 15) is 0 Å². The molecule has 6 fully saturated rings. The molecule has 0 saturated carbocycles. The second-order valence-electron chi connectivity index (χ2n) is 36.1. The molecule has 6 saturated heterocycles. The highest BCUT2D eigenvalue weighted by atomic mass is 31.2. The molecule has 83 heavy (non-hydrogen) atoms. The van der Waals surface area contributed by atoms with E-state index >= 15 is 4.57 Å². The van der Waals surface area contributed by atoms with Crippen molar-refractivity contribution in [2.75, 3.05) is 0 Å². The summed E-state index contributed by atoms with van der Waals surface area (Å²) in [4.78, 5) is 0. The van der Waals surface area contributed by atoms with Gasteiger partial charge >= 0.3 is 7.82 Å². The van der Waals surface area contributed by atoms with Gasteiger partial charge in [-0.25, -0.2) is 0 Å². The van der Waals surface area contributed by atoms with Crippen LogP contribution in [0.25, 0.3) is 0 Å². The van der Waals surface area contributed by atoms with Crippen molar-refractivity contribution in [3.63, 3.8) is 0 Å². The number of hydrogen-bond donors (Lipinski definition) is 6. The van der Waals surface area contributed by atoms with Crippen molar-refractivity contribution in [2.24, 2.45) is 0 Å². The van der Waals surface area contributed by atoms with Gasteiger partial charge in [0.15, 0.2) is 0 Å². The van der Waals surface area contributed by atoms with Crippen molar-refractivity contribution in [3.05, 3.63) is 88.0 Å². The van der Waals surface area contributed by atoms with Crippen LogP contribution in [0.4, 0.5) is 0 Å². The molecule has 0 radical (unpaired) electrons. The monoisotopic (exact) mass is 1160 g/mol. The van der Waals surface area contributed by atoms with Gasteiger partial charge in [-0.1, -0.05) is 36.4 Å². The Bertz CT molecular complexity index is 2520. The third-order valence-electron chi connectivity index (χ3n) is 19.6. The summed E-state index contributed by atoms with van der Waals surface area (Å²) in [5.74, 6) is 3.00. The van der Waals surface area contributed by atoms with E-state index in [1.165, 1.54) is 16.7 Å². The lowest BCUT2D eigenvalue weighted by molar-refractivity contribution is 0.158. The first-order chi connectivity index (χ1) is 37.6. The van der Waals surface area contributed by atoms with Gasteiger partial charge in [-0.15, -0.1) is 0 Å². The van der Waals surface area contributed by atoms with Crippen LogP contribution in [-0.4, -0.2) is 66.5 Å². The van der Waals surface area contributed by atoms with E-state index < -0.39 is 7.82 Å². The summed E-state index contributed by atoms with van der Waals surface area (Å²) in [5, 5.41) is 23.7. The van der Waals surface area contributed by atoms with E-state index in [4.69, 9.17) is 13.6 Å². The van der Waals surface area contributed by atoms with Gasteiger partial charge in [0.1, 0.15) is 17.2 Å². The van der Waals surface area contributed by atoms with E-state index in [0.29, 0.717) is 35.0 Å². The fraction of sp³-hybridized carbons (Fsp3) is 0.750. The number of phosphoric acid groups is 1. The molecule has 0 spiro atoms. The van der Waals surface area contributed by atoms with Crippen molar-refractivity contribution in [1.29, 1.82) is 0 Å². The van der Waals surface area contributed by atoms with E-state index in [-0.39, 0.29) is 84.2 Å². The van der Waals surface area contributed by atoms with E-state index in [1.807, 2.05) is 0 Å². The summed E-state index contributed by atoms with van der Waals surface area (Å²) in [6.45, 7) is 55.9. The van der Waals surface area contributed by atoms with E-state index in [0.717, 1.165) is 93.7 Å². The number of phosphoric ester groups is 1. The summed E-state index contributed by atoms with van der Waals surface area (Å²) in [6, 6.07) is 20.4. The van der Waals surface area contributed by atoms with Crippen molar-refractivity contribution in [1.82, 2.24) is 31.9 Å². The molecule has 3 aromatic carbocycles. The molecule has 10 nitrogen and oxygen atoms in total. The number of piperidine rings is 6. The number of rotatable bonds is 12. The van der Waals surface area contributed by atoms with Gasteiger partial charge in [-0.3, -0.25) is 0 Å². The number of benzene rings is 3. The first-order valence-corrected chi connectivity index (χ1v) is 33.9. The topological polar surface area (TPSA) is 117 Å². The minimum atomic E-state index is -4.66. The quantitative estimate of drug-likeness (QED) is 0.0980. The van der Waals surface area contributed by atoms with Gasteiger partial charge in [-0.2, -0.15) is 4.57 Å². The van der Waals surface area contributed by atoms with Crippen LogP contribution in [0.15, 0.2) is 54.6 Å². The molecule has 11 heteroatoms. The maximum Gasteiger partial charge on any atom is 0.647 e. The van der Waals surface area contributed by atoms with Crippen molar-refractivity contribution in [3.8, 4) is 17.2 Å². The fourth-order valence-corrected chi connectivity index (χ4v) is 20.7. The molecule has 0 aromatic heterocycles. The van der Waals surface area contributed by atoms with Crippen molar-refractivity contribution >= 4 is 7.82 Å². The fourth-order valence-electron chi connectivity index (χ4n) is 19.4. The average Bonchev–Trinajstić information content (AvgIpc) is 2.05. The molecule has 9 rings (SSSR count). The highest BCUT2D eigenvalue weighted by molar-refractivity contribution is 7.49. The Kier molecular flexibility index (Phi) is 16.6. The molecule has 0 bridgehead atoms. The summed E-state index contributed by atoms with van der Waals surface area (Å²) in [5.41, 5.74) is 5.91. The summed E-state index contributed by atoms with van der Waals surface area (Å²) in [6.07, 6.45) is 11.4. The molecular formula is C72H117N6O4P. The number of hydrogen-bond acceptors (Lipinski definition) is 10. The van der Waals surface area contributed by atoms with Crippen LogP contribution in [-0.2, 0) is 4.57 Å². The average molecular weight is 1160 g/mol. The zero-order chi connectivity index (χ0) is 61.4. The third kappa shape index (κ3) is 16.0. The normalized spacial score (nSPS) is 27.6. The molecule has 6 aliphatic heterocycles. The van der Waals surface area contributed by atoms with E-state index in [1.54, 1.807) is 0 Å². The molecule has 464 valence electrons. The van der Waals surface area contributed by atoms with Crippen LogP contribution in [0.3, 0.4) is 0 Å². The van der Waals surface area contributed by atoms with Gasteiger partial charge in [0.25, 0.3) is 0 Å². The lowest BCUT2D eigenvalue weighted by Crippen LogP contribution is -2.57. The second-order valence-corrected chi connectivity index (χ2v) is 37.5. The van der Waals surface area contributed by atoms with Gasteiger partial charge in [0.2, 0.25) is 0 Å². The Morgan fingerprint density at radius 3 is 0.602 bits per heavy atom. The maximum absolute atomic E-state index is 17.3. The zero-order valence-electron chi connectivity index (χ0n) is 56.7. The Morgan fingerprint density at radius 2 is 0.434 bits per heavy atom. The first kappa shape index (κ1) is 64.5. The van der Waals surface area contributed by atoms with Crippen LogP contribution in [0.2, 0.25) is 0 Å². The molecular weight excluding hydrogens is 1040 g/mol. The molecule has 6 N–H and O–H groups in total. The molecule has 0 amide bonds. The van der Waals surface area contributed by atoms with Gasteiger partial charge in [-0.05, 0) is 330 Å². The Labute approximate surface area is 505 Å². The van der Waals surface area contributed by atoms with Gasteiger partial charge in [0.05, 0.1) is 0 Å². The largest absolute Gasteiger partial charge is 0.647 e. The summed E-state index contributed by atoms with van der Waals surface area (Å²) >= 11 is 0. The third-order valence-corrected chi connectivity index (χ3v) is 20.9. The van der Waals surface area contributed by atoms with Crippen LogP contribution >= 0.6 is 7.82 Å². The minimum absolute atomic E-state index is 0.0450. The highest BCUT2D eigenvalue weighted by Crippen LogP contribution is 2.58. The Balaban J connectivity index is 1.24. The van der Waals surface area contributed by atoms with Gasteiger partial charge in [0, 0.05) is 66.5 Å². The van der Waals surface area contributed by atoms with Crippen LogP contribution in [0.5, 0.6) is 17.2 Å². The highest BCUT2D eigenvalue weighted by Gasteiger charge is 2.48. The van der Waals surface area contributed by atoms with Crippen LogP contribution in [0.1, 0.15) is 312 Å². The molecule has 0 aliphatic carbocycles. The van der Waals surface area contributed by atoms with Crippen LogP contribution in [0, 0.1) is 0 Å². The molecule has 6 heterocycles. The zero-order valence-corrected chi connectivity index (χ0v) is 57.6. The smallest absolute Gasteiger partial charge is 0.386 e. The molecule has 3 aromatic rings. The first-order valence-electron chi connectivity index (χ1n) is 32.4. The van der Waals surface area contributed by atoms with Gasteiger partial charge < -0.3 is 45.5 Å². The lowest BCUT2D eigenvalue weighted by Gasteiger charge is -2.48. The summed E-state index contributed by atoms with van der Waals surface area (Å²) < 4.78 is 39.7. The van der Waals surface area contributed by atoms with Crippen molar-refractivity contribution < 1.29 is 18.1 Å². The SMILES string of the molecule is CC1(C)CC(c2ccc(OP(=O)(Oc3ccc(C4CC(C)(C)NC(C)(C)C4)cc3C3CC(C)(C)NC(C)(C)C3)Oc3ccc(C4CC(C)(C)NC(C)(C)C4)cc3C3CC(C)(C)NC(C)(C)C3)c(C3CC(C)(C)NC(C)(C)C3)c2)CC(C)(C)N1. The van der Waals surface area contributed by atoms with Crippen LogP contribution < -0.4 is 45.5 Å². The molecule has 0 unspecified atom stereocenters. The molecule has 0 atom stereocenters. The van der Waals surface area contributed by atoms with E-state index in [2.05, 4.69) is 253 Å². The standard InChI is InChI=1S/C72H117N6O4P/c1-61(2)34-49(35-62(3,4)73-61)46-25-28-58(55(31-46)52-40-67(13,14)76-68(15,16)41-52)80-83(79,81-59-29-26-47(50-36-63(5,6)74-64(7,8)37-50)32-56(59)53-42-69(17,18)77-70(19,20)43-53)82-60-30-27-48(51-38-65(9,10)75-66(11,12)39-51)33-57(60)54-44-71(21,22)78-72(23,24)45-54/h25-33,49-54,73-78H,34-45H2,1-24H3. The Hall–Kier alpha value is -2.95. The predicted octanol–water partition coefficient (Wildman–Crippen LogP) is 17.5. The maximum atomic E-state index is 17.3. The summed E-state index contributed by atoms with van der Waals surface area (Å²) in [7, 11) is -4.66.